The Morgan fingerprint density at radius 2 is 1.97 bits per heavy atom. The maximum absolute atomic E-state index is 13.7. The fourth-order valence-electron chi connectivity index (χ4n) is 4.73. The van der Waals surface area contributed by atoms with Gasteiger partial charge >= 0.3 is 0 Å². The Morgan fingerprint density at radius 1 is 1.18 bits per heavy atom. The third kappa shape index (κ3) is 5.88. The van der Waals surface area contributed by atoms with Crippen LogP contribution < -0.4 is 4.74 Å². The Morgan fingerprint density at radius 3 is 2.65 bits per heavy atom. The second-order valence-electron chi connectivity index (χ2n) is 8.89. The number of hydrogen-bond donors (Lipinski definition) is 0. The van der Waals surface area contributed by atoms with E-state index in [-0.39, 0.29) is 29.7 Å². The summed E-state index contributed by atoms with van der Waals surface area (Å²) in [6, 6.07) is 11.3. The van der Waals surface area contributed by atoms with Crippen LogP contribution in [0, 0.1) is 11.7 Å². The standard InChI is InChI=1S/C26H30ClFN2O4/c1-33-24-8-7-20(27)15-23(24)26(32)29-11-9-19(10-12-29)25(31)30(17-22-6-3-13-34-22)16-18-4-2-5-21(28)14-18/h2,4-5,7-8,14-15,19,22H,3,6,9-13,16-17H2,1H3. The van der Waals surface area contributed by atoms with Crippen molar-refractivity contribution < 1.29 is 23.5 Å². The molecule has 2 amide bonds. The van der Waals surface area contributed by atoms with Crippen LogP contribution in [0.3, 0.4) is 0 Å². The maximum Gasteiger partial charge on any atom is 0.257 e. The van der Waals surface area contributed by atoms with Gasteiger partial charge in [-0.3, -0.25) is 9.59 Å². The fourth-order valence-corrected chi connectivity index (χ4v) is 4.90. The number of amides is 2. The first-order valence-corrected chi connectivity index (χ1v) is 12.1. The molecular weight excluding hydrogens is 459 g/mol. The molecule has 1 atom stereocenters. The number of benzene rings is 2. The highest BCUT2D eigenvalue weighted by Crippen LogP contribution is 2.28. The van der Waals surface area contributed by atoms with E-state index in [4.69, 9.17) is 21.1 Å². The molecule has 8 heteroatoms. The van der Waals surface area contributed by atoms with Gasteiger partial charge < -0.3 is 19.3 Å². The minimum absolute atomic E-state index is 0.00877. The summed E-state index contributed by atoms with van der Waals surface area (Å²) in [6.07, 6.45) is 3.05. The van der Waals surface area contributed by atoms with Gasteiger partial charge in [0.1, 0.15) is 11.6 Å². The van der Waals surface area contributed by atoms with Crippen molar-refractivity contribution in [3.05, 3.63) is 64.4 Å². The number of carbonyl (C=O) groups is 2. The second-order valence-corrected chi connectivity index (χ2v) is 9.33. The summed E-state index contributed by atoms with van der Waals surface area (Å²) in [4.78, 5) is 30.1. The molecule has 182 valence electrons. The van der Waals surface area contributed by atoms with Gasteiger partial charge in [-0.25, -0.2) is 4.39 Å². The van der Waals surface area contributed by atoms with Crippen LogP contribution in [0.25, 0.3) is 0 Å². The van der Waals surface area contributed by atoms with Gasteiger partial charge in [-0.2, -0.15) is 0 Å². The first-order valence-electron chi connectivity index (χ1n) is 11.7. The average molecular weight is 489 g/mol. The monoisotopic (exact) mass is 488 g/mol. The lowest BCUT2D eigenvalue weighted by molar-refractivity contribution is -0.139. The third-order valence-corrected chi connectivity index (χ3v) is 6.78. The highest BCUT2D eigenvalue weighted by molar-refractivity contribution is 6.31. The zero-order valence-corrected chi connectivity index (χ0v) is 20.1. The van der Waals surface area contributed by atoms with Crippen molar-refractivity contribution >= 4 is 23.4 Å². The SMILES string of the molecule is COc1ccc(Cl)cc1C(=O)N1CCC(C(=O)N(Cc2cccc(F)c2)CC2CCCO2)CC1. The highest BCUT2D eigenvalue weighted by atomic mass is 35.5. The number of hydrogen-bond acceptors (Lipinski definition) is 4. The van der Waals surface area contributed by atoms with Gasteiger partial charge in [-0.05, 0) is 61.6 Å². The van der Waals surface area contributed by atoms with Gasteiger partial charge in [-0.15, -0.1) is 0 Å². The largest absolute Gasteiger partial charge is 0.496 e. The van der Waals surface area contributed by atoms with E-state index in [9.17, 15) is 14.0 Å². The third-order valence-electron chi connectivity index (χ3n) is 6.55. The quantitative estimate of drug-likeness (QED) is 0.574. The lowest BCUT2D eigenvalue weighted by Gasteiger charge is -2.35. The number of piperidine rings is 1. The van der Waals surface area contributed by atoms with Crippen LogP contribution in [-0.4, -0.2) is 61.1 Å². The molecule has 6 nitrogen and oxygen atoms in total. The zero-order valence-electron chi connectivity index (χ0n) is 19.3. The predicted molar refractivity (Wildman–Crippen MR) is 127 cm³/mol. The van der Waals surface area contributed by atoms with E-state index in [2.05, 4.69) is 0 Å². The predicted octanol–water partition coefficient (Wildman–Crippen LogP) is 4.55. The van der Waals surface area contributed by atoms with Crippen LogP contribution in [0.15, 0.2) is 42.5 Å². The average Bonchev–Trinajstić information content (AvgIpc) is 3.36. The Hall–Kier alpha value is -2.64. The lowest BCUT2D eigenvalue weighted by Crippen LogP contribution is -2.46. The van der Waals surface area contributed by atoms with Gasteiger partial charge in [0.15, 0.2) is 0 Å². The molecule has 2 aliphatic rings. The summed E-state index contributed by atoms with van der Waals surface area (Å²) < 4.78 is 24.8. The van der Waals surface area contributed by atoms with Crippen molar-refractivity contribution in [1.82, 2.24) is 9.80 Å². The number of nitrogens with zero attached hydrogens (tertiary/aromatic N) is 2. The highest BCUT2D eigenvalue weighted by Gasteiger charge is 2.33. The minimum Gasteiger partial charge on any atom is -0.496 e. The molecule has 0 aliphatic carbocycles. The number of halogens is 2. The summed E-state index contributed by atoms with van der Waals surface area (Å²) in [5.74, 6) is -0.149. The van der Waals surface area contributed by atoms with E-state index in [0.717, 1.165) is 18.4 Å². The summed E-state index contributed by atoms with van der Waals surface area (Å²) >= 11 is 6.09. The van der Waals surface area contributed by atoms with Crippen LogP contribution in [0.5, 0.6) is 5.75 Å². The lowest BCUT2D eigenvalue weighted by atomic mass is 9.94. The summed E-state index contributed by atoms with van der Waals surface area (Å²) in [7, 11) is 1.52. The molecule has 0 radical (unpaired) electrons. The molecule has 2 saturated heterocycles. The molecule has 34 heavy (non-hydrogen) atoms. The van der Waals surface area contributed by atoms with Crippen LogP contribution in [0.1, 0.15) is 41.6 Å². The van der Waals surface area contributed by atoms with Gasteiger partial charge in [0.25, 0.3) is 5.91 Å². The molecule has 0 spiro atoms. The number of likely N-dealkylation sites (tertiary alicyclic amines) is 1. The molecule has 4 rings (SSSR count). The molecular formula is C26H30ClFN2O4. The van der Waals surface area contributed by atoms with Crippen molar-refractivity contribution in [2.45, 2.75) is 38.3 Å². The molecule has 2 fully saturated rings. The van der Waals surface area contributed by atoms with Crippen molar-refractivity contribution in [2.75, 3.05) is 33.4 Å². The molecule has 2 heterocycles. The minimum atomic E-state index is -0.315. The number of rotatable bonds is 7. The van der Waals surface area contributed by atoms with Gasteiger partial charge in [0, 0.05) is 43.7 Å². The summed E-state index contributed by atoms with van der Waals surface area (Å²) in [6.45, 7) is 2.49. The first kappa shape index (κ1) is 24.5. The fraction of sp³-hybridized carbons (Fsp3) is 0.462. The molecule has 2 aromatic rings. The molecule has 0 aromatic heterocycles. The smallest absolute Gasteiger partial charge is 0.257 e. The Labute approximate surface area is 204 Å². The van der Waals surface area contributed by atoms with Crippen molar-refractivity contribution in [2.24, 2.45) is 5.92 Å². The van der Waals surface area contributed by atoms with E-state index in [1.165, 1.54) is 19.2 Å². The maximum atomic E-state index is 13.7. The summed E-state index contributed by atoms with van der Waals surface area (Å²) in [5, 5.41) is 0.469. The van der Waals surface area contributed by atoms with Crippen LogP contribution in [-0.2, 0) is 16.1 Å². The van der Waals surface area contributed by atoms with Gasteiger partial charge in [0.2, 0.25) is 5.91 Å². The van der Waals surface area contributed by atoms with E-state index in [1.807, 2.05) is 6.07 Å². The molecule has 0 bridgehead atoms. The van der Waals surface area contributed by atoms with E-state index >= 15 is 0 Å². The molecule has 0 saturated carbocycles. The first-order chi connectivity index (χ1) is 16.4. The Bertz CT molecular complexity index is 1020. The van der Waals surface area contributed by atoms with Crippen molar-refractivity contribution in [1.29, 1.82) is 0 Å². The molecule has 2 aromatic carbocycles. The van der Waals surface area contributed by atoms with Crippen LogP contribution in [0.4, 0.5) is 4.39 Å². The molecule has 1 unspecified atom stereocenters. The van der Waals surface area contributed by atoms with Gasteiger partial charge in [-0.1, -0.05) is 23.7 Å². The van der Waals surface area contributed by atoms with Crippen LogP contribution >= 0.6 is 11.6 Å². The normalized spacial score (nSPS) is 18.7. The second kappa shape index (κ2) is 11.2. The number of carbonyl (C=O) groups excluding carboxylic acids is 2. The number of methoxy groups -OCH3 is 1. The Kier molecular flexibility index (Phi) is 8.06. The van der Waals surface area contributed by atoms with E-state index < -0.39 is 0 Å². The van der Waals surface area contributed by atoms with Gasteiger partial charge in [0.05, 0.1) is 18.8 Å². The Balaban J connectivity index is 1.42. The van der Waals surface area contributed by atoms with Crippen molar-refractivity contribution in [3.63, 3.8) is 0 Å². The van der Waals surface area contributed by atoms with E-state index in [0.29, 0.717) is 62.0 Å². The summed E-state index contributed by atoms with van der Waals surface area (Å²) in [5.41, 5.74) is 1.18. The van der Waals surface area contributed by atoms with Crippen LogP contribution in [0.2, 0.25) is 5.02 Å². The molecule has 0 N–H and O–H groups in total. The topological polar surface area (TPSA) is 59.1 Å². The molecule has 2 aliphatic heterocycles. The van der Waals surface area contributed by atoms with E-state index in [1.54, 1.807) is 34.1 Å². The zero-order chi connectivity index (χ0) is 24.1. The number of ether oxygens (including phenoxy) is 2. The van der Waals surface area contributed by atoms with Crippen molar-refractivity contribution in [3.8, 4) is 5.75 Å².